The van der Waals surface area contributed by atoms with Gasteiger partial charge in [0.1, 0.15) is 5.69 Å². The number of imidazole rings is 1. The molecule has 0 saturated carbocycles. The van der Waals surface area contributed by atoms with Crippen molar-refractivity contribution in [2.45, 2.75) is 12.1 Å². The van der Waals surface area contributed by atoms with E-state index in [0.717, 1.165) is 11.3 Å². The van der Waals surface area contributed by atoms with E-state index < -0.39 is 5.91 Å². The number of benzene rings is 1. The van der Waals surface area contributed by atoms with Crippen molar-refractivity contribution in [3.8, 4) is 5.69 Å². The second-order valence-electron chi connectivity index (χ2n) is 5.24. The number of aryl methyl sites for hydroxylation is 1. The summed E-state index contributed by atoms with van der Waals surface area (Å²) in [4.78, 5) is 30.7. The molecule has 0 radical (unpaired) electrons. The predicted molar refractivity (Wildman–Crippen MR) is 95.4 cm³/mol. The number of hydrogen-bond acceptors (Lipinski definition) is 4. The number of carbonyl (C=O) groups excluding carboxylic acids is 2. The lowest BCUT2D eigenvalue weighted by Gasteiger charge is -2.10. The van der Waals surface area contributed by atoms with E-state index in [2.05, 4.69) is 20.8 Å². The Labute approximate surface area is 148 Å². The fourth-order valence-corrected chi connectivity index (χ4v) is 3.01. The zero-order valence-electron chi connectivity index (χ0n) is 13.5. The van der Waals surface area contributed by atoms with Crippen molar-refractivity contribution in [3.05, 3.63) is 66.2 Å². The largest absolute Gasteiger partial charge is 0.357 e. The van der Waals surface area contributed by atoms with Crippen molar-refractivity contribution in [3.63, 3.8) is 0 Å². The van der Waals surface area contributed by atoms with E-state index in [1.165, 1.54) is 11.8 Å². The number of hydrogen-bond donors (Lipinski definition) is 3. The summed E-state index contributed by atoms with van der Waals surface area (Å²) < 4.78 is 1.94. The Hall–Kier alpha value is -3.00. The van der Waals surface area contributed by atoms with Crippen molar-refractivity contribution in [1.82, 2.24) is 25.4 Å². The van der Waals surface area contributed by atoms with Crippen molar-refractivity contribution in [1.29, 1.82) is 0 Å². The van der Waals surface area contributed by atoms with Crippen LogP contribution in [-0.4, -0.2) is 32.1 Å². The van der Waals surface area contributed by atoms with Gasteiger partial charge >= 0.3 is 0 Å². The van der Waals surface area contributed by atoms with E-state index in [1.807, 2.05) is 42.0 Å². The van der Waals surface area contributed by atoms with Crippen molar-refractivity contribution in [2.75, 3.05) is 5.75 Å². The third-order valence-electron chi connectivity index (χ3n) is 3.47. The molecule has 0 fully saturated rings. The highest BCUT2D eigenvalue weighted by Gasteiger charge is 2.11. The summed E-state index contributed by atoms with van der Waals surface area (Å²) in [6, 6.07) is 11.3. The second kappa shape index (κ2) is 7.71. The zero-order chi connectivity index (χ0) is 17.6. The fraction of sp³-hybridized carbons (Fsp3) is 0.118. The van der Waals surface area contributed by atoms with Crippen LogP contribution < -0.4 is 10.9 Å². The quantitative estimate of drug-likeness (QED) is 0.483. The molecule has 0 aliphatic heterocycles. The molecule has 1 aromatic carbocycles. The summed E-state index contributed by atoms with van der Waals surface area (Å²) in [7, 11) is 0. The highest BCUT2D eigenvalue weighted by atomic mass is 32.2. The SMILES string of the molecule is Cc1ccccc1-n1ccnc1SCC(=O)NNC(=O)c1ccc[nH]1. The Kier molecular flexibility index (Phi) is 5.20. The number of hydrazine groups is 1. The topological polar surface area (TPSA) is 91.8 Å². The fourth-order valence-electron chi connectivity index (χ4n) is 2.25. The standard InChI is InChI=1S/C17H17N5O2S/c1-12-5-2-3-7-14(12)22-10-9-19-17(22)25-11-15(23)20-21-16(24)13-6-4-8-18-13/h2-10,18H,11H2,1H3,(H,20,23)(H,21,24). The molecule has 0 saturated heterocycles. The van der Waals surface area contributed by atoms with Gasteiger partial charge in [0.15, 0.2) is 5.16 Å². The van der Waals surface area contributed by atoms with Gasteiger partial charge in [-0.15, -0.1) is 0 Å². The lowest BCUT2D eigenvalue weighted by molar-refractivity contribution is -0.119. The van der Waals surface area contributed by atoms with Crippen LogP contribution in [0, 0.1) is 6.92 Å². The van der Waals surface area contributed by atoms with Crippen molar-refractivity contribution < 1.29 is 9.59 Å². The molecule has 3 N–H and O–H groups in total. The number of para-hydroxylation sites is 1. The number of thioether (sulfide) groups is 1. The first-order valence-corrected chi connectivity index (χ1v) is 8.58. The van der Waals surface area contributed by atoms with E-state index >= 15 is 0 Å². The second-order valence-corrected chi connectivity index (χ2v) is 6.18. The van der Waals surface area contributed by atoms with Crippen molar-refractivity contribution in [2.24, 2.45) is 0 Å². The molecule has 2 amide bonds. The molecule has 3 aromatic rings. The number of nitrogens with one attached hydrogen (secondary N) is 3. The lowest BCUT2D eigenvalue weighted by Crippen LogP contribution is -2.42. The van der Waals surface area contributed by atoms with Gasteiger partial charge in [-0.25, -0.2) is 4.98 Å². The minimum atomic E-state index is -0.398. The van der Waals surface area contributed by atoms with Crippen LogP contribution in [0.5, 0.6) is 0 Å². The number of carbonyl (C=O) groups is 2. The predicted octanol–water partition coefficient (Wildman–Crippen LogP) is 2.06. The maximum atomic E-state index is 11.9. The highest BCUT2D eigenvalue weighted by molar-refractivity contribution is 7.99. The van der Waals surface area contributed by atoms with Gasteiger partial charge in [-0.05, 0) is 30.7 Å². The van der Waals surface area contributed by atoms with Gasteiger partial charge < -0.3 is 4.98 Å². The van der Waals surface area contributed by atoms with Gasteiger partial charge in [0, 0.05) is 18.6 Å². The number of aromatic amines is 1. The third kappa shape index (κ3) is 4.10. The highest BCUT2D eigenvalue weighted by Crippen LogP contribution is 2.22. The summed E-state index contributed by atoms with van der Waals surface area (Å²) in [6.07, 6.45) is 5.19. The monoisotopic (exact) mass is 355 g/mol. The van der Waals surface area contributed by atoms with Crippen LogP contribution in [0.25, 0.3) is 5.69 Å². The molecule has 0 atom stereocenters. The van der Waals surface area contributed by atoms with Gasteiger partial charge in [-0.1, -0.05) is 30.0 Å². The van der Waals surface area contributed by atoms with Crippen molar-refractivity contribution >= 4 is 23.6 Å². The minimum Gasteiger partial charge on any atom is -0.357 e. The molecule has 8 heteroatoms. The average molecular weight is 355 g/mol. The maximum absolute atomic E-state index is 11.9. The number of H-pyrrole nitrogens is 1. The summed E-state index contributed by atoms with van der Waals surface area (Å²) in [5.74, 6) is -0.581. The summed E-state index contributed by atoms with van der Waals surface area (Å²) in [5.41, 5.74) is 7.26. The van der Waals surface area contributed by atoms with Gasteiger partial charge in [-0.3, -0.25) is 25.0 Å². The maximum Gasteiger partial charge on any atom is 0.286 e. The summed E-state index contributed by atoms with van der Waals surface area (Å²) in [6.45, 7) is 2.02. The number of rotatable bonds is 5. The van der Waals surface area contributed by atoms with Crippen LogP contribution in [0.4, 0.5) is 0 Å². The Balaban J connectivity index is 1.56. The zero-order valence-corrected chi connectivity index (χ0v) is 14.3. The number of aromatic nitrogens is 3. The van der Waals surface area contributed by atoms with E-state index in [-0.39, 0.29) is 11.7 Å². The Bertz CT molecular complexity index is 873. The van der Waals surface area contributed by atoms with Crippen LogP contribution in [0.2, 0.25) is 0 Å². The number of amides is 2. The van der Waals surface area contributed by atoms with E-state index in [4.69, 9.17) is 0 Å². The Morgan fingerprint density at radius 1 is 1.20 bits per heavy atom. The lowest BCUT2D eigenvalue weighted by atomic mass is 10.2. The summed E-state index contributed by atoms with van der Waals surface area (Å²) >= 11 is 1.30. The van der Waals surface area contributed by atoms with E-state index in [0.29, 0.717) is 10.9 Å². The van der Waals surface area contributed by atoms with Crippen LogP contribution in [0.3, 0.4) is 0 Å². The normalized spacial score (nSPS) is 10.4. The molecule has 3 rings (SSSR count). The molecule has 0 aliphatic carbocycles. The molecular weight excluding hydrogens is 338 g/mol. The minimum absolute atomic E-state index is 0.133. The van der Waals surface area contributed by atoms with Gasteiger partial charge in [0.2, 0.25) is 5.91 Å². The molecule has 0 bridgehead atoms. The Morgan fingerprint density at radius 3 is 2.80 bits per heavy atom. The molecule has 25 heavy (non-hydrogen) atoms. The van der Waals surface area contributed by atoms with Gasteiger partial charge in [0.05, 0.1) is 11.4 Å². The van der Waals surface area contributed by atoms with Gasteiger partial charge in [-0.2, -0.15) is 0 Å². The molecule has 0 unspecified atom stereocenters. The first-order chi connectivity index (χ1) is 12.1. The molecular formula is C17H17N5O2S. The molecule has 0 spiro atoms. The number of nitrogens with zero attached hydrogens (tertiary/aromatic N) is 2. The molecule has 2 aromatic heterocycles. The average Bonchev–Trinajstić information content (AvgIpc) is 3.30. The van der Waals surface area contributed by atoms with Crippen LogP contribution in [-0.2, 0) is 4.79 Å². The first-order valence-electron chi connectivity index (χ1n) is 7.60. The molecule has 2 heterocycles. The van der Waals surface area contributed by atoms with Crippen LogP contribution in [0.1, 0.15) is 16.1 Å². The van der Waals surface area contributed by atoms with Crippen LogP contribution in [0.15, 0.2) is 60.1 Å². The van der Waals surface area contributed by atoms with E-state index in [1.54, 1.807) is 24.5 Å². The van der Waals surface area contributed by atoms with Crippen LogP contribution >= 0.6 is 11.8 Å². The Morgan fingerprint density at radius 2 is 2.04 bits per heavy atom. The smallest absolute Gasteiger partial charge is 0.286 e. The molecule has 0 aliphatic rings. The van der Waals surface area contributed by atoms with Gasteiger partial charge in [0.25, 0.3) is 5.91 Å². The summed E-state index contributed by atoms with van der Waals surface area (Å²) in [5, 5.41) is 0.708. The third-order valence-corrected chi connectivity index (χ3v) is 4.44. The first kappa shape index (κ1) is 16.8. The molecule has 128 valence electrons. The van der Waals surface area contributed by atoms with E-state index in [9.17, 15) is 9.59 Å². The molecule has 7 nitrogen and oxygen atoms in total.